The van der Waals surface area contributed by atoms with Gasteiger partial charge in [-0.05, 0) is 69.9 Å². The third-order valence-corrected chi connectivity index (χ3v) is 5.84. The van der Waals surface area contributed by atoms with Gasteiger partial charge in [0.05, 0.1) is 11.1 Å². The number of hydrogen-bond acceptors (Lipinski definition) is 4. The van der Waals surface area contributed by atoms with Crippen LogP contribution in [-0.2, 0) is 4.74 Å². The van der Waals surface area contributed by atoms with E-state index in [9.17, 15) is 14.4 Å². The van der Waals surface area contributed by atoms with E-state index in [2.05, 4.69) is 5.32 Å². The van der Waals surface area contributed by atoms with Gasteiger partial charge in [0.1, 0.15) is 5.60 Å². The number of hydrogen-bond donors (Lipinski definition) is 1. The van der Waals surface area contributed by atoms with Crippen LogP contribution in [0.5, 0.6) is 0 Å². The molecule has 2 fully saturated rings. The summed E-state index contributed by atoms with van der Waals surface area (Å²) in [5.41, 5.74) is 0.811. The monoisotopic (exact) mass is 370 g/mol. The summed E-state index contributed by atoms with van der Waals surface area (Å²) in [6.45, 7) is 6.05. The molecule has 0 radical (unpaired) electrons. The van der Waals surface area contributed by atoms with Gasteiger partial charge in [0.15, 0.2) is 0 Å². The standard InChI is InChI=1S/C21H26N2O4/c1-20(2,3)27-19(26)22-14-10-21(11-14)8-13(9-21)12-23-17(24)15-6-4-5-7-16(15)18(23)25/h4-7,13-14H,8-12H2,1-3H3,(H,22,26). The summed E-state index contributed by atoms with van der Waals surface area (Å²) in [6, 6.07) is 7.18. The molecule has 0 aromatic heterocycles. The minimum Gasteiger partial charge on any atom is -0.444 e. The molecule has 3 aliphatic rings. The van der Waals surface area contributed by atoms with Gasteiger partial charge in [0, 0.05) is 12.6 Å². The lowest BCUT2D eigenvalue weighted by Crippen LogP contribution is -2.58. The zero-order valence-electron chi connectivity index (χ0n) is 16.1. The highest BCUT2D eigenvalue weighted by Crippen LogP contribution is 2.59. The molecule has 27 heavy (non-hydrogen) atoms. The lowest BCUT2D eigenvalue weighted by atomic mass is 9.50. The van der Waals surface area contributed by atoms with Crippen molar-refractivity contribution in [1.82, 2.24) is 10.2 Å². The first kappa shape index (κ1) is 18.0. The van der Waals surface area contributed by atoms with Crippen molar-refractivity contribution in [1.29, 1.82) is 0 Å². The highest BCUT2D eigenvalue weighted by Gasteiger charge is 2.54. The topological polar surface area (TPSA) is 75.7 Å². The van der Waals surface area contributed by atoms with Gasteiger partial charge in [-0.25, -0.2) is 4.79 Å². The van der Waals surface area contributed by atoms with Crippen molar-refractivity contribution in [3.05, 3.63) is 35.4 Å². The van der Waals surface area contributed by atoms with Crippen LogP contribution in [0.4, 0.5) is 4.79 Å². The fourth-order valence-electron chi connectivity index (χ4n) is 4.85. The molecule has 1 aromatic carbocycles. The molecule has 1 aromatic rings. The predicted molar refractivity (Wildman–Crippen MR) is 99.4 cm³/mol. The third kappa shape index (κ3) is 3.33. The average molecular weight is 370 g/mol. The summed E-state index contributed by atoms with van der Waals surface area (Å²) < 4.78 is 5.30. The van der Waals surface area contributed by atoms with E-state index in [1.807, 2.05) is 20.8 Å². The molecule has 1 aliphatic heterocycles. The Labute approximate surface area is 159 Å². The minimum atomic E-state index is -0.487. The Morgan fingerprint density at radius 3 is 2.19 bits per heavy atom. The summed E-state index contributed by atoms with van der Waals surface area (Å²) in [4.78, 5) is 38.2. The summed E-state index contributed by atoms with van der Waals surface area (Å²) in [5, 5.41) is 2.93. The second kappa shape index (κ2) is 6.08. The van der Waals surface area contributed by atoms with Crippen molar-refractivity contribution in [3.8, 4) is 0 Å². The van der Waals surface area contributed by atoms with Crippen LogP contribution in [0.2, 0.25) is 0 Å². The molecule has 3 amide bonds. The molecule has 1 N–H and O–H groups in total. The van der Waals surface area contributed by atoms with Gasteiger partial charge in [-0.3, -0.25) is 14.5 Å². The van der Waals surface area contributed by atoms with Gasteiger partial charge in [-0.1, -0.05) is 12.1 Å². The molecule has 0 unspecified atom stereocenters. The van der Waals surface area contributed by atoms with E-state index < -0.39 is 5.60 Å². The van der Waals surface area contributed by atoms with Crippen molar-refractivity contribution in [2.24, 2.45) is 11.3 Å². The largest absolute Gasteiger partial charge is 0.444 e. The first-order valence-electron chi connectivity index (χ1n) is 9.61. The van der Waals surface area contributed by atoms with Crippen molar-refractivity contribution in [3.63, 3.8) is 0 Å². The zero-order valence-corrected chi connectivity index (χ0v) is 16.1. The molecular formula is C21H26N2O4. The molecule has 6 heteroatoms. The van der Waals surface area contributed by atoms with Gasteiger partial charge in [-0.15, -0.1) is 0 Å². The van der Waals surface area contributed by atoms with E-state index in [1.165, 1.54) is 4.90 Å². The Hall–Kier alpha value is -2.37. The highest BCUT2D eigenvalue weighted by molar-refractivity contribution is 6.21. The number of alkyl carbamates (subject to hydrolysis) is 1. The van der Waals surface area contributed by atoms with Gasteiger partial charge >= 0.3 is 6.09 Å². The minimum absolute atomic E-state index is 0.167. The Balaban J connectivity index is 1.24. The number of fused-ring (bicyclic) bond motifs is 1. The van der Waals surface area contributed by atoms with E-state index in [0.717, 1.165) is 25.7 Å². The van der Waals surface area contributed by atoms with Crippen LogP contribution in [0.25, 0.3) is 0 Å². The van der Waals surface area contributed by atoms with Crippen molar-refractivity contribution in [2.45, 2.75) is 58.1 Å². The number of ether oxygens (including phenoxy) is 1. The fourth-order valence-corrected chi connectivity index (χ4v) is 4.85. The predicted octanol–water partition coefficient (Wildman–Crippen LogP) is 3.37. The van der Waals surface area contributed by atoms with Gasteiger partial charge < -0.3 is 10.1 Å². The number of benzene rings is 1. The lowest BCUT2D eigenvalue weighted by molar-refractivity contribution is -0.0564. The molecule has 0 atom stereocenters. The molecule has 1 heterocycles. The maximum absolute atomic E-state index is 12.5. The molecule has 4 rings (SSSR count). The summed E-state index contributed by atoms with van der Waals surface area (Å²) in [6.07, 6.45) is 3.56. The van der Waals surface area contributed by atoms with Crippen molar-refractivity contribution in [2.75, 3.05) is 6.54 Å². The van der Waals surface area contributed by atoms with Crippen LogP contribution in [0.3, 0.4) is 0 Å². The van der Waals surface area contributed by atoms with Crippen molar-refractivity contribution >= 4 is 17.9 Å². The maximum atomic E-state index is 12.5. The number of rotatable bonds is 3. The second-order valence-corrected chi connectivity index (χ2v) is 9.29. The Bertz CT molecular complexity index is 762. The molecular weight excluding hydrogens is 344 g/mol. The van der Waals surface area contributed by atoms with Gasteiger partial charge in [0.25, 0.3) is 11.8 Å². The molecule has 2 aliphatic carbocycles. The number of nitrogens with zero attached hydrogens (tertiary/aromatic N) is 1. The maximum Gasteiger partial charge on any atom is 0.407 e. The van der Waals surface area contributed by atoms with E-state index in [0.29, 0.717) is 23.6 Å². The highest BCUT2D eigenvalue weighted by atomic mass is 16.6. The average Bonchev–Trinajstić information content (AvgIpc) is 2.74. The Morgan fingerprint density at radius 2 is 1.67 bits per heavy atom. The van der Waals surface area contributed by atoms with Gasteiger partial charge in [-0.2, -0.15) is 0 Å². The number of nitrogens with one attached hydrogen (secondary N) is 1. The number of amides is 3. The van der Waals surface area contributed by atoms with E-state index in [1.54, 1.807) is 24.3 Å². The first-order chi connectivity index (χ1) is 12.7. The molecule has 0 bridgehead atoms. The third-order valence-electron chi connectivity index (χ3n) is 5.84. The number of carbonyl (C=O) groups excluding carboxylic acids is 3. The van der Waals surface area contributed by atoms with Crippen LogP contribution in [-0.4, -0.2) is 41.0 Å². The Kier molecular flexibility index (Phi) is 4.05. The van der Waals surface area contributed by atoms with Crippen LogP contribution in [0.1, 0.15) is 67.2 Å². The van der Waals surface area contributed by atoms with Gasteiger partial charge in [0.2, 0.25) is 0 Å². The fraction of sp³-hybridized carbons (Fsp3) is 0.571. The van der Waals surface area contributed by atoms with Crippen LogP contribution in [0.15, 0.2) is 24.3 Å². The van der Waals surface area contributed by atoms with Crippen LogP contribution < -0.4 is 5.32 Å². The molecule has 1 spiro atoms. The normalized spacial score (nSPS) is 29.2. The molecule has 6 nitrogen and oxygen atoms in total. The first-order valence-corrected chi connectivity index (χ1v) is 9.61. The summed E-state index contributed by atoms with van der Waals surface area (Å²) >= 11 is 0. The van der Waals surface area contributed by atoms with Crippen molar-refractivity contribution < 1.29 is 19.1 Å². The number of imide groups is 1. The van der Waals surface area contributed by atoms with E-state index in [4.69, 9.17) is 4.74 Å². The quantitative estimate of drug-likeness (QED) is 0.828. The molecule has 2 saturated carbocycles. The number of carbonyl (C=O) groups is 3. The molecule has 144 valence electrons. The molecule has 0 saturated heterocycles. The Morgan fingerprint density at radius 1 is 1.11 bits per heavy atom. The smallest absolute Gasteiger partial charge is 0.407 e. The summed E-state index contributed by atoms with van der Waals surface area (Å²) in [5.74, 6) is 0.0129. The van der Waals surface area contributed by atoms with E-state index in [-0.39, 0.29) is 29.4 Å². The second-order valence-electron chi connectivity index (χ2n) is 9.29. The van der Waals surface area contributed by atoms with E-state index >= 15 is 0 Å². The van der Waals surface area contributed by atoms with Crippen LogP contribution >= 0.6 is 0 Å². The SMILES string of the molecule is CC(C)(C)OC(=O)NC1CC2(CC(CN3C(=O)c4ccccc4C3=O)C2)C1. The van der Waals surface area contributed by atoms with Crippen LogP contribution in [0, 0.1) is 11.3 Å². The lowest BCUT2D eigenvalue weighted by Gasteiger charge is -2.58. The zero-order chi connectivity index (χ0) is 19.4. The summed E-state index contributed by atoms with van der Waals surface area (Å²) in [7, 11) is 0.